The Morgan fingerprint density at radius 2 is 1.85 bits per heavy atom. The van der Waals surface area contributed by atoms with Crippen molar-refractivity contribution in [1.29, 1.82) is 0 Å². The normalized spacial score (nSPS) is 14.4. The van der Waals surface area contributed by atoms with Gasteiger partial charge in [-0.15, -0.1) is 11.3 Å². The predicted molar refractivity (Wildman–Crippen MR) is 108 cm³/mol. The molecule has 0 bridgehead atoms. The van der Waals surface area contributed by atoms with Gasteiger partial charge in [0, 0.05) is 4.88 Å². The van der Waals surface area contributed by atoms with Crippen molar-refractivity contribution in [3.63, 3.8) is 0 Å². The minimum Gasteiger partial charge on any atom is -0.323 e. The second-order valence-electron chi connectivity index (χ2n) is 6.29. The number of hydrogen-bond donors (Lipinski definition) is 2. The van der Waals surface area contributed by atoms with E-state index in [1.54, 1.807) is 17.4 Å². The lowest BCUT2D eigenvalue weighted by Crippen LogP contribution is -2.46. The third-order valence-corrected chi connectivity index (χ3v) is 5.43. The van der Waals surface area contributed by atoms with Gasteiger partial charge in [0.1, 0.15) is 6.54 Å². The molecule has 1 aliphatic heterocycles. The summed E-state index contributed by atoms with van der Waals surface area (Å²) >= 11 is 1.65. The summed E-state index contributed by atoms with van der Waals surface area (Å²) in [6.07, 6.45) is 0. The summed E-state index contributed by atoms with van der Waals surface area (Å²) in [6.45, 7) is 0.172. The van der Waals surface area contributed by atoms with Gasteiger partial charge in [-0.25, -0.2) is 0 Å². The molecule has 0 saturated heterocycles. The van der Waals surface area contributed by atoms with Gasteiger partial charge in [0.25, 0.3) is 0 Å². The number of carbonyl (C=O) groups excluding carboxylic acids is 2. The number of carbonyl (C=O) groups is 2. The topological polar surface area (TPSA) is 61.4 Å². The molecule has 5 nitrogen and oxygen atoms in total. The van der Waals surface area contributed by atoms with Crippen LogP contribution in [-0.4, -0.2) is 24.9 Å². The highest BCUT2D eigenvalue weighted by Gasteiger charge is 2.27. The van der Waals surface area contributed by atoms with Gasteiger partial charge >= 0.3 is 0 Å². The molecule has 1 aliphatic rings. The van der Waals surface area contributed by atoms with Gasteiger partial charge < -0.3 is 5.32 Å². The van der Waals surface area contributed by atoms with E-state index in [9.17, 15) is 9.59 Å². The number of benzene rings is 2. The Kier molecular flexibility index (Phi) is 5.00. The summed E-state index contributed by atoms with van der Waals surface area (Å²) in [6, 6.07) is 21.4. The molecule has 3 aromatic rings. The molecular weight excluding hydrogens is 358 g/mol. The van der Waals surface area contributed by atoms with Crippen LogP contribution in [0.1, 0.15) is 16.5 Å². The van der Waals surface area contributed by atoms with Gasteiger partial charge in [-0.3, -0.25) is 19.8 Å². The van der Waals surface area contributed by atoms with Crippen molar-refractivity contribution < 1.29 is 9.59 Å². The fourth-order valence-corrected chi connectivity index (χ4v) is 4.05. The second-order valence-corrected chi connectivity index (χ2v) is 7.26. The molecule has 0 unspecified atom stereocenters. The lowest BCUT2D eigenvalue weighted by molar-refractivity contribution is -0.121. The maximum atomic E-state index is 12.9. The molecule has 4 rings (SSSR count). The first-order valence-corrected chi connectivity index (χ1v) is 9.61. The highest BCUT2D eigenvalue weighted by atomic mass is 32.1. The first kappa shape index (κ1) is 17.5. The van der Waals surface area contributed by atoms with Crippen molar-refractivity contribution in [2.24, 2.45) is 0 Å². The molecule has 6 heteroatoms. The number of thiophene rings is 1. The van der Waals surface area contributed by atoms with Crippen LogP contribution in [0, 0.1) is 0 Å². The highest BCUT2D eigenvalue weighted by molar-refractivity contribution is 7.10. The average Bonchev–Trinajstić information content (AvgIpc) is 3.22. The molecule has 0 saturated carbocycles. The van der Waals surface area contributed by atoms with Crippen molar-refractivity contribution in [3.05, 3.63) is 82.6 Å². The van der Waals surface area contributed by atoms with Crippen LogP contribution in [0.3, 0.4) is 0 Å². The number of anilines is 2. The zero-order chi connectivity index (χ0) is 18.6. The smallest absolute Gasteiger partial charge is 0.244 e. The van der Waals surface area contributed by atoms with E-state index in [0.29, 0.717) is 5.69 Å². The zero-order valence-corrected chi connectivity index (χ0v) is 15.4. The Morgan fingerprint density at radius 1 is 1.07 bits per heavy atom. The second kappa shape index (κ2) is 7.73. The standard InChI is InChI=1S/C21H19N3O2S/c25-19-14-24(17-10-5-4-9-16(17)23-19)20(26)13-22-21(18-11-6-12-27-18)15-7-2-1-3-8-15/h1-12,21-22H,13-14H2,(H,23,25)/t21-/m1/s1. The lowest BCUT2D eigenvalue weighted by atomic mass is 10.1. The third-order valence-electron chi connectivity index (χ3n) is 4.49. The monoisotopic (exact) mass is 377 g/mol. The van der Waals surface area contributed by atoms with Crippen molar-refractivity contribution >= 4 is 34.5 Å². The Bertz CT molecular complexity index is 941. The van der Waals surface area contributed by atoms with Gasteiger partial charge in [0.05, 0.1) is 24.0 Å². The predicted octanol–water partition coefficient (Wildman–Crippen LogP) is 3.41. The van der Waals surface area contributed by atoms with E-state index in [0.717, 1.165) is 16.1 Å². The third kappa shape index (κ3) is 3.77. The summed E-state index contributed by atoms with van der Waals surface area (Å²) < 4.78 is 0. The maximum absolute atomic E-state index is 12.9. The van der Waals surface area contributed by atoms with E-state index in [1.807, 2.05) is 60.0 Å². The van der Waals surface area contributed by atoms with Crippen LogP contribution in [0.2, 0.25) is 0 Å². The minimum atomic E-state index is -0.181. The molecule has 0 aliphatic carbocycles. The molecule has 2 amide bonds. The summed E-state index contributed by atoms with van der Waals surface area (Å²) in [7, 11) is 0. The van der Waals surface area contributed by atoms with Gasteiger partial charge in [0.15, 0.2) is 0 Å². The van der Waals surface area contributed by atoms with E-state index in [2.05, 4.69) is 16.7 Å². The van der Waals surface area contributed by atoms with E-state index < -0.39 is 0 Å². The molecule has 1 aromatic heterocycles. The Labute approximate surface area is 161 Å². The molecule has 2 N–H and O–H groups in total. The van der Waals surface area contributed by atoms with Crippen LogP contribution >= 0.6 is 11.3 Å². The van der Waals surface area contributed by atoms with Crippen LogP contribution in [-0.2, 0) is 9.59 Å². The fraction of sp³-hybridized carbons (Fsp3) is 0.143. The minimum absolute atomic E-state index is 0.0343. The summed E-state index contributed by atoms with van der Waals surface area (Å²) in [4.78, 5) is 27.5. The van der Waals surface area contributed by atoms with Crippen molar-refractivity contribution in [3.8, 4) is 0 Å². The SMILES string of the molecule is O=C1CN(C(=O)CN[C@H](c2ccccc2)c2cccs2)c2ccccc2N1. The largest absolute Gasteiger partial charge is 0.323 e. The maximum Gasteiger partial charge on any atom is 0.244 e. The van der Waals surface area contributed by atoms with E-state index >= 15 is 0 Å². The van der Waals surface area contributed by atoms with Gasteiger partial charge in [-0.2, -0.15) is 0 Å². The molecule has 0 spiro atoms. The van der Waals surface area contributed by atoms with Crippen LogP contribution < -0.4 is 15.5 Å². The van der Waals surface area contributed by atoms with Gasteiger partial charge in [-0.1, -0.05) is 48.5 Å². The van der Waals surface area contributed by atoms with Crippen LogP contribution in [0.5, 0.6) is 0 Å². The number of rotatable bonds is 5. The number of nitrogens with one attached hydrogen (secondary N) is 2. The Balaban J connectivity index is 1.53. The molecule has 136 valence electrons. The molecule has 2 aromatic carbocycles. The van der Waals surface area contributed by atoms with E-state index in [1.165, 1.54) is 4.90 Å². The summed E-state index contributed by atoms with van der Waals surface area (Å²) in [5.74, 6) is -0.310. The number of amides is 2. The number of fused-ring (bicyclic) bond motifs is 1. The van der Waals surface area contributed by atoms with Crippen molar-refractivity contribution in [2.45, 2.75) is 6.04 Å². The van der Waals surface area contributed by atoms with Crippen LogP contribution in [0.15, 0.2) is 72.1 Å². The van der Waals surface area contributed by atoms with Gasteiger partial charge in [-0.05, 0) is 29.1 Å². The molecule has 0 fully saturated rings. The first-order valence-electron chi connectivity index (χ1n) is 8.73. The van der Waals surface area contributed by atoms with Crippen LogP contribution in [0.4, 0.5) is 11.4 Å². The molecule has 0 radical (unpaired) electrons. The van der Waals surface area contributed by atoms with Crippen LogP contribution in [0.25, 0.3) is 0 Å². The molecule has 27 heavy (non-hydrogen) atoms. The van der Waals surface area contributed by atoms with E-state index in [4.69, 9.17) is 0 Å². The molecular formula is C21H19N3O2S. The highest BCUT2D eigenvalue weighted by Crippen LogP contribution is 2.29. The lowest BCUT2D eigenvalue weighted by Gasteiger charge is -2.30. The number of para-hydroxylation sites is 2. The van der Waals surface area contributed by atoms with Crippen molar-refractivity contribution in [2.75, 3.05) is 23.3 Å². The van der Waals surface area contributed by atoms with E-state index in [-0.39, 0.29) is 30.9 Å². The summed E-state index contributed by atoms with van der Waals surface area (Å²) in [5, 5.41) is 8.20. The molecule has 2 heterocycles. The quantitative estimate of drug-likeness (QED) is 0.716. The number of hydrogen-bond acceptors (Lipinski definition) is 4. The number of nitrogens with zero attached hydrogens (tertiary/aromatic N) is 1. The van der Waals surface area contributed by atoms with Gasteiger partial charge in [0.2, 0.25) is 11.8 Å². The zero-order valence-electron chi connectivity index (χ0n) is 14.6. The van der Waals surface area contributed by atoms with Crippen molar-refractivity contribution in [1.82, 2.24) is 5.32 Å². The molecule has 1 atom stereocenters. The first-order chi connectivity index (χ1) is 13.2. The Hall–Kier alpha value is -2.96. The summed E-state index contributed by atoms with van der Waals surface area (Å²) in [5.41, 5.74) is 2.50. The fourth-order valence-electron chi connectivity index (χ4n) is 3.22. The Morgan fingerprint density at radius 3 is 2.63 bits per heavy atom. The average molecular weight is 377 g/mol.